The zero-order valence-corrected chi connectivity index (χ0v) is 12.7. The largest absolute Gasteiger partial charge is 0.348 e. The molecule has 0 radical (unpaired) electrons. The Kier molecular flexibility index (Phi) is 4.68. The monoisotopic (exact) mass is 329 g/mol. The smallest absolute Gasteiger partial charge is 0.253 e. The van der Waals surface area contributed by atoms with Gasteiger partial charge in [0.1, 0.15) is 0 Å². The molecule has 98 valence electrons. The fourth-order valence-electron chi connectivity index (χ4n) is 2.30. The highest BCUT2D eigenvalue weighted by molar-refractivity contribution is 9.09. The number of hydrogen-bond donors (Lipinski definition) is 1. The van der Waals surface area contributed by atoms with E-state index in [1.807, 2.05) is 19.1 Å². The van der Waals surface area contributed by atoms with E-state index in [0.29, 0.717) is 15.4 Å². The third-order valence-electron chi connectivity index (χ3n) is 3.37. The van der Waals surface area contributed by atoms with Crippen LogP contribution in [0, 0.1) is 6.92 Å². The van der Waals surface area contributed by atoms with Crippen molar-refractivity contribution >= 4 is 33.4 Å². The minimum atomic E-state index is -0.0728. The highest BCUT2D eigenvalue weighted by Gasteiger charge is 2.25. The summed E-state index contributed by atoms with van der Waals surface area (Å²) in [6.07, 6.45) is 4.56. The summed E-state index contributed by atoms with van der Waals surface area (Å²) in [4.78, 5) is 12.5. The maximum Gasteiger partial charge on any atom is 0.253 e. The van der Waals surface area contributed by atoms with E-state index in [-0.39, 0.29) is 11.9 Å². The van der Waals surface area contributed by atoms with Crippen molar-refractivity contribution in [2.24, 2.45) is 0 Å². The first-order valence-corrected chi connectivity index (χ1v) is 7.58. The average Bonchev–Trinajstić information content (AvgIpc) is 2.32. The summed E-state index contributed by atoms with van der Waals surface area (Å²) in [5.74, 6) is -0.0728. The molecule has 2 unspecified atom stereocenters. The molecular formula is C14H17BrClNO. The Morgan fingerprint density at radius 1 is 1.39 bits per heavy atom. The minimum Gasteiger partial charge on any atom is -0.348 e. The van der Waals surface area contributed by atoms with Gasteiger partial charge < -0.3 is 5.32 Å². The van der Waals surface area contributed by atoms with Gasteiger partial charge in [0.15, 0.2) is 0 Å². The van der Waals surface area contributed by atoms with Crippen molar-refractivity contribution < 1.29 is 4.79 Å². The topological polar surface area (TPSA) is 29.1 Å². The van der Waals surface area contributed by atoms with Gasteiger partial charge in [-0.2, -0.15) is 0 Å². The van der Waals surface area contributed by atoms with Crippen molar-refractivity contribution in [3.05, 3.63) is 34.3 Å². The molecule has 0 bridgehead atoms. The molecule has 0 aliphatic heterocycles. The van der Waals surface area contributed by atoms with Crippen LogP contribution in [-0.4, -0.2) is 16.8 Å². The Labute approximate surface area is 121 Å². The molecule has 4 heteroatoms. The first-order valence-electron chi connectivity index (χ1n) is 6.29. The molecule has 1 N–H and O–H groups in total. The third-order valence-corrected chi connectivity index (χ3v) is 4.78. The second kappa shape index (κ2) is 6.07. The van der Waals surface area contributed by atoms with Crippen molar-refractivity contribution in [3.8, 4) is 0 Å². The molecule has 1 aromatic rings. The predicted molar refractivity (Wildman–Crippen MR) is 78.6 cm³/mol. The number of benzene rings is 1. The van der Waals surface area contributed by atoms with Crippen LogP contribution in [0.4, 0.5) is 0 Å². The fraction of sp³-hybridized carbons (Fsp3) is 0.500. The number of nitrogens with one attached hydrogen (secondary N) is 1. The first-order chi connectivity index (χ1) is 8.58. The van der Waals surface area contributed by atoms with E-state index in [4.69, 9.17) is 11.6 Å². The maximum absolute atomic E-state index is 12.2. The van der Waals surface area contributed by atoms with E-state index in [1.165, 1.54) is 12.8 Å². The highest BCUT2D eigenvalue weighted by Crippen LogP contribution is 2.25. The van der Waals surface area contributed by atoms with Gasteiger partial charge in [0.05, 0.1) is 10.6 Å². The summed E-state index contributed by atoms with van der Waals surface area (Å²) in [7, 11) is 0. The molecule has 2 rings (SSSR count). The number of amides is 1. The van der Waals surface area contributed by atoms with E-state index in [1.54, 1.807) is 6.07 Å². The van der Waals surface area contributed by atoms with E-state index < -0.39 is 0 Å². The number of rotatable bonds is 2. The predicted octanol–water partition coefficient (Wildman–Crippen LogP) is 4.08. The lowest BCUT2D eigenvalue weighted by molar-refractivity contribution is 0.0930. The number of carbonyl (C=O) groups excluding carboxylic acids is 1. The Balaban J connectivity index is 2.07. The van der Waals surface area contributed by atoms with Gasteiger partial charge >= 0.3 is 0 Å². The summed E-state index contributed by atoms with van der Waals surface area (Å²) in [5, 5.41) is 3.60. The Hall–Kier alpha value is -0.540. The second-order valence-electron chi connectivity index (χ2n) is 4.86. The lowest BCUT2D eigenvalue weighted by atomic mass is 9.95. The summed E-state index contributed by atoms with van der Waals surface area (Å²) < 4.78 is 0. The molecule has 1 saturated carbocycles. The van der Waals surface area contributed by atoms with Gasteiger partial charge in [0, 0.05) is 10.9 Å². The van der Waals surface area contributed by atoms with Gasteiger partial charge in [-0.15, -0.1) is 0 Å². The van der Waals surface area contributed by atoms with Crippen LogP contribution in [0.15, 0.2) is 18.2 Å². The molecule has 1 fully saturated rings. The Bertz CT molecular complexity index is 449. The van der Waals surface area contributed by atoms with Gasteiger partial charge in [0.25, 0.3) is 5.91 Å². The standard InChI is InChI=1S/C14H17BrClNO/c1-9-6-7-10(12(16)8-9)14(18)17-13-5-3-2-4-11(13)15/h6-8,11,13H,2-5H2,1H3,(H,17,18). The van der Waals surface area contributed by atoms with Crippen LogP contribution in [0.1, 0.15) is 41.6 Å². The van der Waals surface area contributed by atoms with E-state index in [2.05, 4.69) is 21.2 Å². The number of carbonyl (C=O) groups is 1. The number of halogens is 2. The van der Waals surface area contributed by atoms with Gasteiger partial charge in [-0.1, -0.05) is 46.4 Å². The highest BCUT2D eigenvalue weighted by atomic mass is 79.9. The van der Waals surface area contributed by atoms with Gasteiger partial charge in [-0.3, -0.25) is 4.79 Å². The van der Waals surface area contributed by atoms with Crippen LogP contribution >= 0.6 is 27.5 Å². The normalized spacial score (nSPS) is 23.7. The van der Waals surface area contributed by atoms with Crippen molar-refractivity contribution in [1.82, 2.24) is 5.32 Å². The van der Waals surface area contributed by atoms with Gasteiger partial charge in [-0.05, 0) is 37.5 Å². The molecule has 0 aromatic heterocycles. The summed E-state index contributed by atoms with van der Waals surface area (Å²) in [6.45, 7) is 1.96. The van der Waals surface area contributed by atoms with Crippen molar-refractivity contribution in [2.75, 3.05) is 0 Å². The molecule has 1 aliphatic rings. The lowest BCUT2D eigenvalue weighted by Gasteiger charge is -2.28. The summed E-state index contributed by atoms with van der Waals surface area (Å²) in [6, 6.07) is 5.73. The van der Waals surface area contributed by atoms with Crippen molar-refractivity contribution in [3.63, 3.8) is 0 Å². The van der Waals surface area contributed by atoms with E-state index >= 15 is 0 Å². The van der Waals surface area contributed by atoms with Gasteiger partial charge in [0.2, 0.25) is 0 Å². The number of aryl methyl sites for hydroxylation is 1. The van der Waals surface area contributed by atoms with Crippen molar-refractivity contribution in [1.29, 1.82) is 0 Å². The van der Waals surface area contributed by atoms with Crippen LogP contribution in [-0.2, 0) is 0 Å². The van der Waals surface area contributed by atoms with Crippen LogP contribution in [0.2, 0.25) is 5.02 Å². The average molecular weight is 331 g/mol. The first kappa shape index (κ1) is 13.9. The maximum atomic E-state index is 12.2. The van der Waals surface area contributed by atoms with E-state index in [9.17, 15) is 4.79 Å². The molecule has 2 atom stereocenters. The lowest BCUT2D eigenvalue weighted by Crippen LogP contribution is -2.42. The van der Waals surface area contributed by atoms with E-state index in [0.717, 1.165) is 18.4 Å². The van der Waals surface area contributed by atoms with Crippen molar-refractivity contribution in [2.45, 2.75) is 43.5 Å². The van der Waals surface area contributed by atoms with Crippen LogP contribution < -0.4 is 5.32 Å². The fourth-order valence-corrected chi connectivity index (χ4v) is 3.34. The Morgan fingerprint density at radius 2 is 2.11 bits per heavy atom. The molecule has 2 nitrogen and oxygen atoms in total. The SMILES string of the molecule is Cc1ccc(C(=O)NC2CCCCC2Br)c(Cl)c1. The quantitative estimate of drug-likeness (QED) is 0.813. The molecule has 0 saturated heterocycles. The molecular weight excluding hydrogens is 314 g/mol. The molecule has 1 amide bonds. The van der Waals surface area contributed by atoms with Gasteiger partial charge in [-0.25, -0.2) is 0 Å². The van der Waals surface area contributed by atoms with Crippen LogP contribution in [0.25, 0.3) is 0 Å². The summed E-state index contributed by atoms with van der Waals surface area (Å²) >= 11 is 9.74. The summed E-state index contributed by atoms with van der Waals surface area (Å²) in [5.41, 5.74) is 1.63. The van der Waals surface area contributed by atoms with Crippen LogP contribution in [0.5, 0.6) is 0 Å². The Morgan fingerprint density at radius 3 is 2.78 bits per heavy atom. The third kappa shape index (κ3) is 3.27. The zero-order chi connectivity index (χ0) is 13.1. The number of alkyl halides is 1. The number of hydrogen-bond acceptors (Lipinski definition) is 1. The minimum absolute atomic E-state index is 0.0728. The molecule has 1 aromatic carbocycles. The zero-order valence-electron chi connectivity index (χ0n) is 10.4. The molecule has 1 aliphatic carbocycles. The molecule has 18 heavy (non-hydrogen) atoms. The molecule has 0 spiro atoms. The second-order valence-corrected chi connectivity index (χ2v) is 6.45. The van der Waals surface area contributed by atoms with Crippen LogP contribution in [0.3, 0.4) is 0 Å². The molecule has 0 heterocycles.